The van der Waals surface area contributed by atoms with Crippen LogP contribution in [-0.2, 0) is 11.8 Å². The number of alkyl halides is 38. The van der Waals surface area contributed by atoms with Crippen molar-refractivity contribution in [3.05, 3.63) is 59.7 Å². The molecular weight excluding hydrogens is 1100 g/mol. The molecule has 0 unspecified atom stereocenters. The Morgan fingerprint density at radius 1 is 0.188 bits per heavy atom. The molecule has 0 amide bonds. The molecule has 39 heteroatoms. The van der Waals surface area contributed by atoms with Crippen molar-refractivity contribution < 1.29 is 172 Å². The lowest BCUT2D eigenvalue weighted by Gasteiger charge is -2.43. The summed E-state index contributed by atoms with van der Waals surface area (Å²) >= 11 is 0. The van der Waals surface area contributed by atoms with E-state index < -0.39 is 154 Å². The first kappa shape index (κ1) is 60.7. The third-order valence-electron chi connectivity index (χ3n) is 8.90. The van der Waals surface area contributed by atoms with Crippen LogP contribution in [0.5, 0.6) is 11.5 Å². The van der Waals surface area contributed by atoms with Crippen LogP contribution in [0, 0.1) is 0 Å². The van der Waals surface area contributed by atoms with Gasteiger partial charge in [0.05, 0.1) is 0 Å². The van der Waals surface area contributed by atoms with Crippen LogP contribution < -0.4 is 4.74 Å². The molecule has 0 aliphatic carbocycles. The van der Waals surface area contributed by atoms with Gasteiger partial charge in [-0.25, -0.2) is 0 Å². The third-order valence-corrected chi connectivity index (χ3v) is 8.90. The van der Waals surface area contributed by atoms with E-state index >= 15 is 0 Å². The molecule has 0 aromatic heterocycles. The maximum Gasteiger partial charge on any atom is 0.460 e. The quantitative estimate of drug-likeness (QED) is 0.135. The van der Waals surface area contributed by atoms with E-state index in [4.69, 9.17) is 0 Å². The molecule has 0 atom stereocenters. The van der Waals surface area contributed by atoms with Crippen LogP contribution in [0.3, 0.4) is 0 Å². The second-order valence-electron chi connectivity index (χ2n) is 13.3. The van der Waals surface area contributed by atoms with Gasteiger partial charge in [-0.1, -0.05) is 0 Å². The first-order valence-electron chi connectivity index (χ1n) is 15.7. The van der Waals surface area contributed by atoms with Crippen molar-refractivity contribution in [2.45, 2.75) is 107 Å². The second kappa shape index (κ2) is 16.0. The summed E-state index contributed by atoms with van der Waals surface area (Å²) in [6.45, 7) is 0. The molecule has 2 aromatic carbocycles. The molecule has 0 bridgehead atoms. The molecular formula is C30H8F38O. The highest BCUT2D eigenvalue weighted by molar-refractivity contribution is 5.38. The van der Waals surface area contributed by atoms with Gasteiger partial charge in [0, 0.05) is 11.1 Å². The summed E-state index contributed by atoms with van der Waals surface area (Å²) in [7, 11) is 0. The van der Waals surface area contributed by atoms with Crippen molar-refractivity contribution in [3.63, 3.8) is 0 Å². The monoisotopic (exact) mass is 1110 g/mol. The SMILES string of the molecule is FC(F)(F)C(F)(F)C(F)(F)C(F)(F)C(F)(F)C(F)(F)C(F)(F)C(F)(F)C(F)(F)c1ccc(Oc2ccc(C(F)(F)C(F)(F)C(F)(F)C(F)(F)C(F)(F)C(F)(F)C(F)(F)C(F)(F)C(F)(F)F)cc2)cc1. The Morgan fingerprint density at radius 3 is 0.493 bits per heavy atom. The number of hydrogen-bond donors (Lipinski definition) is 0. The van der Waals surface area contributed by atoms with Gasteiger partial charge in [0.25, 0.3) is 0 Å². The zero-order valence-corrected chi connectivity index (χ0v) is 30.4. The molecule has 0 fully saturated rings. The van der Waals surface area contributed by atoms with Crippen LogP contribution in [0.1, 0.15) is 11.1 Å². The summed E-state index contributed by atoms with van der Waals surface area (Å²) in [5, 5.41) is 0. The van der Waals surface area contributed by atoms with Gasteiger partial charge in [-0.2, -0.15) is 167 Å². The fraction of sp³-hybridized carbons (Fsp3) is 0.600. The molecule has 400 valence electrons. The van der Waals surface area contributed by atoms with E-state index in [9.17, 15) is 167 Å². The largest absolute Gasteiger partial charge is 0.460 e. The van der Waals surface area contributed by atoms with Crippen molar-refractivity contribution in [2.75, 3.05) is 0 Å². The minimum absolute atomic E-state index is 0.360. The third kappa shape index (κ3) is 7.82. The van der Waals surface area contributed by atoms with E-state index in [0.717, 1.165) is 0 Å². The van der Waals surface area contributed by atoms with Gasteiger partial charge in [0.2, 0.25) is 0 Å². The van der Waals surface area contributed by atoms with E-state index in [-0.39, 0.29) is 24.3 Å². The van der Waals surface area contributed by atoms with E-state index in [0.29, 0.717) is 0 Å². The summed E-state index contributed by atoms with van der Waals surface area (Å²) in [6.07, 6.45) is -16.3. The van der Waals surface area contributed by atoms with Gasteiger partial charge < -0.3 is 4.74 Å². The maximum atomic E-state index is 14.6. The average Bonchev–Trinajstić information content (AvgIpc) is 3.16. The molecule has 0 spiro atoms. The Balaban J connectivity index is 2.53. The van der Waals surface area contributed by atoms with Crippen LogP contribution in [-0.4, -0.2) is 95.3 Å². The lowest BCUT2D eigenvalue weighted by molar-refractivity contribution is -0.469. The van der Waals surface area contributed by atoms with Gasteiger partial charge >= 0.3 is 107 Å². The Morgan fingerprint density at radius 2 is 0.333 bits per heavy atom. The molecule has 2 rings (SSSR count). The molecule has 0 aliphatic rings. The summed E-state index contributed by atoms with van der Waals surface area (Å²) in [5.41, 5.74) is -5.90. The highest BCUT2D eigenvalue weighted by Gasteiger charge is 2.98. The average molecular weight is 1110 g/mol. The van der Waals surface area contributed by atoms with E-state index in [2.05, 4.69) is 4.74 Å². The Bertz CT molecular complexity index is 1990. The molecule has 2 aromatic rings. The van der Waals surface area contributed by atoms with Gasteiger partial charge in [0.1, 0.15) is 11.5 Å². The maximum absolute atomic E-state index is 14.6. The van der Waals surface area contributed by atoms with Crippen molar-refractivity contribution in [1.82, 2.24) is 0 Å². The summed E-state index contributed by atoms with van der Waals surface area (Å²) in [4.78, 5) is 0. The molecule has 0 radical (unpaired) electrons. The minimum Gasteiger partial charge on any atom is -0.457 e. The van der Waals surface area contributed by atoms with Gasteiger partial charge in [-0.15, -0.1) is 0 Å². The van der Waals surface area contributed by atoms with Crippen LogP contribution in [0.15, 0.2) is 48.5 Å². The summed E-state index contributed by atoms with van der Waals surface area (Å²) in [6, 6.07) is -4.63. The Hall–Kier alpha value is -4.42. The van der Waals surface area contributed by atoms with E-state index in [1.165, 1.54) is 0 Å². The topological polar surface area (TPSA) is 9.23 Å². The lowest BCUT2D eigenvalue weighted by atomic mass is 9.86. The number of halogens is 38. The standard InChI is InChI=1S/C30H8F38O/c31-13(32,15(35,36)17(39,40)19(43,44)21(47,48)23(51,52)25(55,56)27(59,60)29(63,64)65)9-1-5-11(6-2-9)69-12-7-3-10(4-8-12)14(33,34)16(37,38)18(41,42)20(45,46)22(49,50)24(53,54)26(57,58)28(61,62)30(66,67)68/h1-8H. The highest BCUT2D eigenvalue weighted by atomic mass is 19.4. The smallest absolute Gasteiger partial charge is 0.457 e. The molecule has 0 aliphatic heterocycles. The number of hydrogen-bond acceptors (Lipinski definition) is 1. The predicted molar refractivity (Wildman–Crippen MR) is 142 cm³/mol. The van der Waals surface area contributed by atoms with Crippen LogP contribution in [0.4, 0.5) is 167 Å². The lowest BCUT2D eigenvalue weighted by Crippen LogP contribution is -2.75. The number of benzene rings is 2. The molecule has 0 saturated carbocycles. The zero-order chi connectivity index (χ0) is 55.7. The van der Waals surface area contributed by atoms with Crippen molar-refractivity contribution in [1.29, 1.82) is 0 Å². The normalized spacial score (nSPS) is 16.3. The van der Waals surface area contributed by atoms with Gasteiger partial charge in [-0.05, 0) is 48.5 Å². The molecule has 0 saturated heterocycles. The van der Waals surface area contributed by atoms with Crippen molar-refractivity contribution in [3.8, 4) is 11.5 Å². The predicted octanol–water partition coefficient (Wildman–Crippen LogP) is 15.7. The van der Waals surface area contributed by atoms with E-state index in [1.807, 2.05) is 0 Å². The number of rotatable bonds is 18. The molecule has 0 N–H and O–H groups in total. The first-order chi connectivity index (χ1) is 29.7. The molecule has 69 heavy (non-hydrogen) atoms. The summed E-state index contributed by atoms with van der Waals surface area (Å²) < 4.78 is 522. The van der Waals surface area contributed by atoms with Gasteiger partial charge in [0.15, 0.2) is 0 Å². The molecule has 0 heterocycles. The second-order valence-corrected chi connectivity index (χ2v) is 13.3. The molecule has 1 nitrogen and oxygen atoms in total. The Kier molecular flexibility index (Phi) is 14.1. The Labute approximate surface area is 350 Å². The van der Waals surface area contributed by atoms with Crippen molar-refractivity contribution >= 4 is 0 Å². The van der Waals surface area contributed by atoms with Crippen LogP contribution in [0.25, 0.3) is 0 Å². The summed E-state index contributed by atoms with van der Waals surface area (Å²) in [5.74, 6) is -143. The highest BCUT2D eigenvalue weighted by Crippen LogP contribution is 2.68. The zero-order valence-electron chi connectivity index (χ0n) is 30.4. The fourth-order valence-electron chi connectivity index (χ4n) is 4.69. The minimum atomic E-state index is -9.28. The van der Waals surface area contributed by atoms with Crippen molar-refractivity contribution in [2.24, 2.45) is 0 Å². The van der Waals surface area contributed by atoms with E-state index in [1.54, 1.807) is 0 Å². The van der Waals surface area contributed by atoms with Gasteiger partial charge in [-0.3, -0.25) is 0 Å². The van der Waals surface area contributed by atoms with Crippen LogP contribution >= 0.6 is 0 Å². The fourth-order valence-corrected chi connectivity index (χ4v) is 4.69. The first-order valence-corrected chi connectivity index (χ1v) is 15.7. The van der Waals surface area contributed by atoms with Crippen LogP contribution in [0.2, 0.25) is 0 Å². The number of ether oxygens (including phenoxy) is 1.